The molecule has 2 amide bonds. The Hall–Kier alpha value is -0.720. The number of rotatable bonds is 2. The first kappa shape index (κ1) is 11.4. The summed E-state index contributed by atoms with van der Waals surface area (Å²) in [5.41, 5.74) is 0. The number of piperazine rings is 1. The van der Waals surface area contributed by atoms with Gasteiger partial charge in [0.1, 0.15) is 0 Å². The average molecular weight is 271 g/mol. The number of amides is 2. The molecule has 1 fully saturated rings. The van der Waals surface area contributed by atoms with Crippen molar-refractivity contribution >= 4 is 28.2 Å². The fraction of sp³-hybridized carbons (Fsp3) is 0.714. The van der Waals surface area contributed by atoms with Gasteiger partial charge in [-0.15, -0.1) is 0 Å². The molecule has 7 heteroatoms. The van der Waals surface area contributed by atoms with Gasteiger partial charge < -0.3 is 9.80 Å². The molecule has 4 nitrogen and oxygen atoms in total. The van der Waals surface area contributed by atoms with Gasteiger partial charge in [-0.05, 0) is 0 Å². The van der Waals surface area contributed by atoms with Crippen LogP contribution in [0.3, 0.4) is 0 Å². The van der Waals surface area contributed by atoms with E-state index in [1.807, 2.05) is 15.9 Å². The second-order valence-electron chi connectivity index (χ2n) is 2.93. The molecule has 0 aromatic rings. The molecule has 0 aliphatic carbocycles. The summed E-state index contributed by atoms with van der Waals surface area (Å²) < 4.78 is 25.0. The maximum atomic E-state index is 12.5. The van der Waals surface area contributed by atoms with E-state index in [1.54, 1.807) is 0 Å². The van der Waals surface area contributed by atoms with E-state index in [2.05, 4.69) is 0 Å². The van der Waals surface area contributed by atoms with E-state index < -0.39 is 10.7 Å². The van der Waals surface area contributed by atoms with Gasteiger partial charge in [0, 0.05) is 42.1 Å². The lowest BCUT2D eigenvalue weighted by atomic mass is 10.3. The van der Waals surface area contributed by atoms with E-state index in [0.29, 0.717) is 19.5 Å². The third kappa shape index (κ3) is 2.63. The first-order chi connectivity index (χ1) is 6.45. The van der Waals surface area contributed by atoms with Gasteiger partial charge >= 0.3 is 10.7 Å². The summed E-state index contributed by atoms with van der Waals surface area (Å²) in [4.78, 5) is 20.3. The minimum absolute atomic E-state index is 0.152. The zero-order chi connectivity index (χ0) is 10.8. The first-order valence-corrected chi connectivity index (χ1v) is 4.80. The third-order valence-corrected chi connectivity index (χ3v) is 2.33. The smallest absolute Gasteiger partial charge is 0.342 e. The number of hydrogen-bond acceptors (Lipinski definition) is 2. The fourth-order valence-electron chi connectivity index (χ4n) is 1.21. The maximum Gasteiger partial charge on any atom is 0.377 e. The van der Waals surface area contributed by atoms with Crippen molar-refractivity contribution in [1.29, 1.82) is 0 Å². The van der Waals surface area contributed by atoms with E-state index in [1.165, 1.54) is 4.90 Å². The van der Waals surface area contributed by atoms with Crippen LogP contribution in [0.4, 0.5) is 8.78 Å². The Morgan fingerprint density at radius 1 is 1.29 bits per heavy atom. The van der Waals surface area contributed by atoms with Gasteiger partial charge in [0.2, 0.25) is 6.41 Å². The van der Waals surface area contributed by atoms with Crippen LogP contribution in [-0.2, 0) is 9.59 Å². The molecule has 80 valence electrons. The normalized spacial score (nSPS) is 18.2. The first-order valence-electron chi connectivity index (χ1n) is 4.00. The molecule has 14 heavy (non-hydrogen) atoms. The molecule has 0 atom stereocenters. The highest BCUT2D eigenvalue weighted by Crippen LogP contribution is 2.24. The van der Waals surface area contributed by atoms with Gasteiger partial charge in [-0.1, -0.05) is 0 Å². The van der Waals surface area contributed by atoms with Crippen molar-refractivity contribution in [3.8, 4) is 0 Å². The highest BCUT2D eigenvalue weighted by Gasteiger charge is 2.39. The summed E-state index contributed by atoms with van der Waals surface area (Å²) in [6.07, 6.45) is 0.647. The number of halogens is 3. The van der Waals surface area contributed by atoms with Crippen LogP contribution in [0.15, 0.2) is 0 Å². The van der Waals surface area contributed by atoms with Crippen LogP contribution in [0.5, 0.6) is 0 Å². The van der Waals surface area contributed by atoms with Crippen LogP contribution >= 0.6 is 15.9 Å². The minimum atomic E-state index is -3.50. The molecular weight excluding hydrogens is 262 g/mol. The van der Waals surface area contributed by atoms with Crippen molar-refractivity contribution in [3.05, 3.63) is 0 Å². The van der Waals surface area contributed by atoms with Crippen LogP contribution < -0.4 is 0 Å². The van der Waals surface area contributed by atoms with Crippen LogP contribution in [0, 0.1) is 0 Å². The van der Waals surface area contributed by atoms with Crippen LogP contribution in [0.25, 0.3) is 0 Å². The number of carbonyl (C=O) groups excluding carboxylic acids is 2. The second kappa shape index (κ2) is 4.20. The van der Waals surface area contributed by atoms with Crippen molar-refractivity contribution in [2.45, 2.75) is 4.83 Å². The lowest BCUT2D eigenvalue weighted by Gasteiger charge is -2.33. The van der Waals surface area contributed by atoms with Crippen molar-refractivity contribution in [2.75, 3.05) is 26.2 Å². The summed E-state index contributed by atoms with van der Waals surface area (Å²) in [6, 6.07) is 0. The van der Waals surface area contributed by atoms with Crippen molar-refractivity contribution in [2.24, 2.45) is 0 Å². The van der Waals surface area contributed by atoms with Crippen molar-refractivity contribution in [3.63, 3.8) is 0 Å². The largest absolute Gasteiger partial charge is 0.377 e. The summed E-state index contributed by atoms with van der Waals surface area (Å²) in [5.74, 6) is -1.25. The highest BCUT2D eigenvalue weighted by atomic mass is 79.9. The van der Waals surface area contributed by atoms with E-state index in [4.69, 9.17) is 0 Å². The molecular formula is C7H9BrF2N2O2. The molecule has 0 radical (unpaired) electrons. The third-order valence-electron chi connectivity index (χ3n) is 1.99. The van der Waals surface area contributed by atoms with Crippen molar-refractivity contribution < 1.29 is 18.4 Å². The average Bonchev–Trinajstić information content (AvgIpc) is 2.15. The van der Waals surface area contributed by atoms with Gasteiger partial charge in [-0.25, -0.2) is 0 Å². The monoisotopic (exact) mass is 270 g/mol. The Labute approximate surface area is 88.0 Å². The molecule has 0 bridgehead atoms. The molecule has 0 spiro atoms. The second-order valence-corrected chi connectivity index (χ2v) is 3.93. The van der Waals surface area contributed by atoms with Crippen LogP contribution in [-0.4, -0.2) is 53.1 Å². The molecule has 0 saturated carbocycles. The number of carbonyl (C=O) groups is 2. The molecule has 0 N–H and O–H groups in total. The Balaban J connectivity index is 2.50. The summed E-state index contributed by atoms with van der Waals surface area (Å²) >= 11 is 2.00. The molecule has 0 aromatic heterocycles. The van der Waals surface area contributed by atoms with E-state index in [0.717, 1.165) is 4.90 Å². The summed E-state index contributed by atoms with van der Waals surface area (Å²) in [7, 11) is 0. The predicted octanol–water partition coefficient (Wildman–Crippen LogP) is 0.275. The molecule has 1 aliphatic heterocycles. The van der Waals surface area contributed by atoms with Gasteiger partial charge in [0.05, 0.1) is 0 Å². The molecule has 1 saturated heterocycles. The molecule has 0 aromatic carbocycles. The Morgan fingerprint density at radius 2 is 1.79 bits per heavy atom. The molecule has 1 aliphatic rings. The SMILES string of the molecule is O=CN1CCN(C(=O)C(F)(F)Br)CC1. The van der Waals surface area contributed by atoms with E-state index in [9.17, 15) is 18.4 Å². The number of hydrogen-bond donors (Lipinski definition) is 0. The van der Waals surface area contributed by atoms with Gasteiger partial charge in [-0.2, -0.15) is 8.78 Å². The fourth-order valence-corrected chi connectivity index (χ4v) is 1.46. The van der Waals surface area contributed by atoms with Crippen molar-refractivity contribution in [1.82, 2.24) is 9.80 Å². The predicted molar refractivity (Wildman–Crippen MR) is 48.1 cm³/mol. The zero-order valence-corrected chi connectivity index (χ0v) is 8.84. The van der Waals surface area contributed by atoms with E-state index >= 15 is 0 Å². The lowest BCUT2D eigenvalue weighted by Crippen LogP contribution is -2.51. The van der Waals surface area contributed by atoms with Gasteiger partial charge in [-0.3, -0.25) is 9.59 Å². The Bertz CT molecular complexity index is 236. The molecule has 1 heterocycles. The number of alkyl halides is 3. The number of nitrogens with zero attached hydrogens (tertiary/aromatic N) is 2. The summed E-state index contributed by atoms with van der Waals surface area (Å²) in [6.45, 7) is 0.911. The molecule has 1 rings (SSSR count). The van der Waals surface area contributed by atoms with Gasteiger partial charge in [0.15, 0.2) is 0 Å². The Kier molecular flexibility index (Phi) is 3.41. The summed E-state index contributed by atoms with van der Waals surface area (Å²) in [5, 5.41) is 0. The standard InChI is InChI=1S/C7H9BrF2N2O2/c8-7(9,10)6(14)12-3-1-11(5-13)2-4-12/h5H,1-4H2. The quantitative estimate of drug-likeness (QED) is 0.534. The Morgan fingerprint density at radius 3 is 2.14 bits per heavy atom. The molecule has 0 unspecified atom stereocenters. The van der Waals surface area contributed by atoms with Gasteiger partial charge in [0.25, 0.3) is 0 Å². The minimum Gasteiger partial charge on any atom is -0.342 e. The zero-order valence-electron chi connectivity index (χ0n) is 7.25. The van der Waals surface area contributed by atoms with E-state index in [-0.39, 0.29) is 13.1 Å². The highest BCUT2D eigenvalue weighted by molar-refractivity contribution is 9.10. The lowest BCUT2D eigenvalue weighted by molar-refractivity contribution is -0.148. The van der Waals surface area contributed by atoms with Crippen LogP contribution in [0.1, 0.15) is 0 Å². The van der Waals surface area contributed by atoms with Crippen LogP contribution in [0.2, 0.25) is 0 Å². The topological polar surface area (TPSA) is 40.6 Å². The maximum absolute atomic E-state index is 12.5.